The van der Waals surface area contributed by atoms with Crippen LogP contribution in [0.4, 0.5) is 11.4 Å². The number of hydrogen-bond acceptors (Lipinski definition) is 5. The van der Waals surface area contributed by atoms with Crippen molar-refractivity contribution in [2.24, 2.45) is 11.8 Å². The molecule has 1 aliphatic heterocycles. The minimum absolute atomic E-state index is 0.123. The van der Waals surface area contributed by atoms with Crippen LogP contribution in [-0.2, 0) is 19.1 Å². The van der Waals surface area contributed by atoms with Gasteiger partial charge in [-0.2, -0.15) is 0 Å². The molecule has 34 heavy (non-hydrogen) atoms. The molecule has 0 bridgehead atoms. The van der Waals surface area contributed by atoms with E-state index in [2.05, 4.69) is 5.32 Å². The Morgan fingerprint density at radius 1 is 1.00 bits per heavy atom. The molecule has 3 amide bonds. The Morgan fingerprint density at radius 2 is 1.62 bits per heavy atom. The first-order valence-corrected chi connectivity index (χ1v) is 11.8. The maximum absolute atomic E-state index is 13.0. The van der Waals surface area contributed by atoms with E-state index in [1.807, 2.05) is 26.0 Å². The quantitative estimate of drug-likeness (QED) is 0.375. The number of hydrogen-bond donors (Lipinski definition) is 1. The largest absolute Gasteiger partial charge is 0.452 e. The van der Waals surface area contributed by atoms with E-state index in [4.69, 9.17) is 27.9 Å². The fourth-order valence-corrected chi connectivity index (χ4v) is 5.00. The Balaban J connectivity index is 1.42. The van der Waals surface area contributed by atoms with Gasteiger partial charge < -0.3 is 10.1 Å². The van der Waals surface area contributed by atoms with E-state index in [9.17, 15) is 19.2 Å². The number of nitrogens with zero attached hydrogens (tertiary/aromatic N) is 1. The van der Waals surface area contributed by atoms with Crippen molar-refractivity contribution in [3.8, 4) is 0 Å². The van der Waals surface area contributed by atoms with E-state index in [1.165, 1.54) is 12.1 Å². The fraction of sp³-hybridized carbons (Fsp3) is 0.360. The molecule has 4 atom stereocenters. The Labute approximate surface area is 207 Å². The van der Waals surface area contributed by atoms with Crippen LogP contribution in [0.2, 0.25) is 0 Å². The second-order valence-electron chi connectivity index (χ2n) is 8.65. The SMILES string of the molecule is Cc1cccc(NC(=O)COC(=O)c2cccc(N3C(=O)[C@@H]4C[C@H](Cl)[C@@H](Cl)C[C@H]4C3=O)c2)c1C. The van der Waals surface area contributed by atoms with Gasteiger partial charge in [0, 0.05) is 5.69 Å². The second-order valence-corrected chi connectivity index (χ2v) is 9.77. The van der Waals surface area contributed by atoms with Crippen LogP contribution >= 0.6 is 23.2 Å². The molecule has 0 aromatic heterocycles. The summed E-state index contributed by atoms with van der Waals surface area (Å²) in [7, 11) is 0. The Morgan fingerprint density at radius 3 is 2.26 bits per heavy atom. The summed E-state index contributed by atoms with van der Waals surface area (Å²) in [6.45, 7) is 3.35. The number of alkyl halides is 2. The summed E-state index contributed by atoms with van der Waals surface area (Å²) in [5.74, 6) is -2.94. The van der Waals surface area contributed by atoms with Gasteiger partial charge >= 0.3 is 5.97 Å². The van der Waals surface area contributed by atoms with Gasteiger partial charge in [0.15, 0.2) is 6.61 Å². The van der Waals surface area contributed by atoms with Gasteiger partial charge in [0.2, 0.25) is 11.8 Å². The van der Waals surface area contributed by atoms with Crippen LogP contribution in [0, 0.1) is 25.7 Å². The van der Waals surface area contributed by atoms with Gasteiger partial charge in [-0.25, -0.2) is 4.79 Å². The summed E-state index contributed by atoms with van der Waals surface area (Å²) in [6.07, 6.45) is 0.664. The molecule has 2 aliphatic rings. The predicted molar refractivity (Wildman–Crippen MR) is 129 cm³/mol. The first-order chi connectivity index (χ1) is 16.2. The standard InChI is InChI=1S/C25H24Cl2N2O5/c1-13-5-3-8-21(14(13)2)28-22(30)12-34-25(33)15-6-4-7-16(9-15)29-23(31)17-10-19(26)20(27)11-18(17)24(29)32/h3-9,17-20H,10-12H2,1-2H3,(H,28,30)/t17-,18-,19+,20+/m1/s1. The van der Waals surface area contributed by atoms with Crippen molar-refractivity contribution in [2.75, 3.05) is 16.8 Å². The van der Waals surface area contributed by atoms with Crippen LogP contribution in [0.5, 0.6) is 0 Å². The minimum Gasteiger partial charge on any atom is -0.452 e. The normalized spacial score (nSPS) is 24.1. The Kier molecular flexibility index (Phi) is 6.96. The summed E-state index contributed by atoms with van der Waals surface area (Å²) >= 11 is 12.5. The van der Waals surface area contributed by atoms with Crippen molar-refractivity contribution >= 4 is 58.3 Å². The number of ether oxygens (including phenoxy) is 1. The number of halogens is 2. The summed E-state index contributed by atoms with van der Waals surface area (Å²) in [4.78, 5) is 51.8. The summed E-state index contributed by atoms with van der Waals surface area (Å²) in [5.41, 5.74) is 3.00. The highest BCUT2D eigenvalue weighted by molar-refractivity contribution is 6.31. The molecule has 1 N–H and O–H groups in total. The maximum atomic E-state index is 13.0. The molecule has 2 aromatic rings. The van der Waals surface area contributed by atoms with Gasteiger partial charge in [-0.05, 0) is 62.1 Å². The lowest BCUT2D eigenvalue weighted by Crippen LogP contribution is -2.34. The van der Waals surface area contributed by atoms with E-state index in [0.717, 1.165) is 16.0 Å². The zero-order valence-corrected chi connectivity index (χ0v) is 20.2. The lowest BCUT2D eigenvalue weighted by atomic mass is 9.80. The van der Waals surface area contributed by atoms with Gasteiger partial charge in [0.05, 0.1) is 33.8 Å². The van der Waals surface area contributed by atoms with Gasteiger partial charge in [-0.1, -0.05) is 18.2 Å². The third-order valence-electron chi connectivity index (χ3n) is 6.46. The van der Waals surface area contributed by atoms with Crippen molar-refractivity contribution < 1.29 is 23.9 Å². The number of rotatable bonds is 5. The summed E-state index contributed by atoms with van der Waals surface area (Å²) < 4.78 is 5.15. The number of carbonyl (C=O) groups is 4. The highest BCUT2D eigenvalue weighted by atomic mass is 35.5. The first kappa shape index (κ1) is 24.2. The van der Waals surface area contributed by atoms with Crippen molar-refractivity contribution in [2.45, 2.75) is 37.4 Å². The molecular weight excluding hydrogens is 479 g/mol. The zero-order valence-electron chi connectivity index (χ0n) is 18.7. The first-order valence-electron chi connectivity index (χ1n) is 11.0. The lowest BCUT2D eigenvalue weighted by Gasteiger charge is -2.28. The van der Waals surface area contributed by atoms with Crippen molar-refractivity contribution in [1.29, 1.82) is 0 Å². The number of anilines is 2. The Bertz CT molecular complexity index is 1140. The second kappa shape index (κ2) is 9.76. The number of esters is 1. The van der Waals surface area contributed by atoms with Gasteiger partial charge in [0.25, 0.3) is 5.91 Å². The highest BCUT2D eigenvalue weighted by Crippen LogP contribution is 2.43. The van der Waals surface area contributed by atoms with Crippen LogP contribution in [0.1, 0.15) is 34.3 Å². The lowest BCUT2D eigenvalue weighted by molar-refractivity contribution is -0.122. The zero-order chi connectivity index (χ0) is 24.6. The van der Waals surface area contributed by atoms with Crippen LogP contribution in [0.3, 0.4) is 0 Å². The molecule has 178 valence electrons. The number of imide groups is 1. The van der Waals surface area contributed by atoms with Gasteiger partial charge in [0.1, 0.15) is 0 Å². The number of benzene rings is 2. The molecule has 2 fully saturated rings. The van der Waals surface area contributed by atoms with Crippen LogP contribution in [0.15, 0.2) is 42.5 Å². The molecule has 0 spiro atoms. The number of fused-ring (bicyclic) bond motifs is 1. The van der Waals surface area contributed by atoms with E-state index in [1.54, 1.807) is 18.2 Å². The third kappa shape index (κ3) is 4.68. The van der Waals surface area contributed by atoms with Crippen molar-refractivity contribution in [3.63, 3.8) is 0 Å². The molecule has 4 rings (SSSR count). The predicted octanol–water partition coefficient (Wildman–Crippen LogP) is 4.21. The van der Waals surface area contributed by atoms with Gasteiger partial charge in [-0.3, -0.25) is 19.3 Å². The molecule has 1 saturated carbocycles. The average molecular weight is 503 g/mol. The molecule has 1 saturated heterocycles. The smallest absolute Gasteiger partial charge is 0.338 e. The minimum atomic E-state index is -0.740. The van der Waals surface area contributed by atoms with Crippen LogP contribution < -0.4 is 10.2 Å². The molecule has 1 heterocycles. The third-order valence-corrected chi connectivity index (χ3v) is 7.56. The summed E-state index contributed by atoms with van der Waals surface area (Å²) in [5, 5.41) is 1.97. The number of nitrogens with one attached hydrogen (secondary N) is 1. The molecular formula is C25H24Cl2N2O5. The summed E-state index contributed by atoms with van der Waals surface area (Å²) in [6, 6.07) is 11.6. The van der Waals surface area contributed by atoms with Crippen LogP contribution in [-0.4, -0.2) is 41.1 Å². The number of amides is 3. The van der Waals surface area contributed by atoms with E-state index in [0.29, 0.717) is 18.5 Å². The van der Waals surface area contributed by atoms with Gasteiger partial charge in [-0.15, -0.1) is 23.2 Å². The fourth-order valence-electron chi connectivity index (χ4n) is 4.41. The number of aryl methyl sites for hydroxylation is 1. The monoisotopic (exact) mass is 502 g/mol. The highest BCUT2D eigenvalue weighted by Gasteiger charge is 2.52. The van der Waals surface area contributed by atoms with E-state index >= 15 is 0 Å². The van der Waals surface area contributed by atoms with Crippen molar-refractivity contribution in [1.82, 2.24) is 0 Å². The van der Waals surface area contributed by atoms with E-state index in [-0.39, 0.29) is 33.8 Å². The van der Waals surface area contributed by atoms with Crippen molar-refractivity contribution in [3.05, 3.63) is 59.2 Å². The number of carbonyl (C=O) groups excluding carboxylic acids is 4. The molecule has 0 unspecified atom stereocenters. The average Bonchev–Trinajstić information content (AvgIpc) is 3.05. The maximum Gasteiger partial charge on any atom is 0.338 e. The topological polar surface area (TPSA) is 92.8 Å². The Hall–Kier alpha value is -2.90. The molecule has 0 radical (unpaired) electrons. The molecule has 9 heteroatoms. The molecule has 1 aliphatic carbocycles. The van der Waals surface area contributed by atoms with Crippen LogP contribution in [0.25, 0.3) is 0 Å². The molecule has 7 nitrogen and oxygen atoms in total. The van der Waals surface area contributed by atoms with E-state index < -0.39 is 30.3 Å². The molecule has 2 aromatic carbocycles.